The van der Waals surface area contributed by atoms with Crippen LogP contribution in [0.2, 0.25) is 0 Å². The quantitative estimate of drug-likeness (QED) is 0.854. The minimum atomic E-state index is -0.254. The molecule has 0 radical (unpaired) electrons. The monoisotopic (exact) mass is 305 g/mol. The van der Waals surface area contributed by atoms with Gasteiger partial charge in [-0.3, -0.25) is 5.32 Å². The number of aliphatic hydroxyl groups is 1. The summed E-state index contributed by atoms with van der Waals surface area (Å²) in [5.74, 6) is 1.01. The number of aryl methyl sites for hydroxylation is 1. The van der Waals surface area contributed by atoms with Gasteiger partial charge in [0.2, 0.25) is 0 Å². The molecule has 1 fully saturated rings. The smallest absolute Gasteiger partial charge is 0.131 e. The lowest BCUT2D eigenvalue weighted by Gasteiger charge is -2.27. The number of rotatable bonds is 4. The molecule has 0 amide bonds. The van der Waals surface area contributed by atoms with Gasteiger partial charge < -0.3 is 9.67 Å². The van der Waals surface area contributed by atoms with Crippen LogP contribution in [0.3, 0.4) is 0 Å². The minimum absolute atomic E-state index is 0.0581. The Kier molecular flexibility index (Phi) is 4.73. The molecule has 114 valence electrons. The molecule has 0 aliphatic heterocycles. The van der Waals surface area contributed by atoms with E-state index in [0.717, 1.165) is 25.1 Å². The highest BCUT2D eigenvalue weighted by Gasteiger charge is 2.27. The van der Waals surface area contributed by atoms with Gasteiger partial charge in [-0.1, -0.05) is 25.3 Å². The van der Waals surface area contributed by atoms with Gasteiger partial charge in [0.15, 0.2) is 0 Å². The molecule has 3 unspecified atom stereocenters. The number of aromatic nitrogens is 2. The molecule has 2 heterocycles. The molecule has 0 saturated heterocycles. The second-order valence-electron chi connectivity index (χ2n) is 5.82. The Bertz CT molecular complexity index is 552. The topological polar surface area (TPSA) is 50.1 Å². The van der Waals surface area contributed by atoms with Crippen LogP contribution in [0.4, 0.5) is 0 Å². The molecule has 4 nitrogen and oxygen atoms in total. The Labute approximate surface area is 129 Å². The number of nitrogens with zero attached hydrogens (tertiary/aromatic N) is 2. The van der Waals surface area contributed by atoms with Gasteiger partial charge in [0.25, 0.3) is 0 Å². The first kappa shape index (κ1) is 14.8. The van der Waals surface area contributed by atoms with Crippen LogP contribution in [0.25, 0.3) is 0 Å². The molecular formula is C16H23N3OS. The lowest BCUT2D eigenvalue weighted by molar-refractivity contribution is 0.115. The predicted molar refractivity (Wildman–Crippen MR) is 85.4 cm³/mol. The van der Waals surface area contributed by atoms with Crippen molar-refractivity contribution in [3.63, 3.8) is 0 Å². The maximum atomic E-state index is 10.4. The molecule has 2 N–H and O–H groups in total. The summed E-state index contributed by atoms with van der Waals surface area (Å²) in [6, 6.07) is 4.42. The highest BCUT2D eigenvalue weighted by atomic mass is 32.1. The Hall–Kier alpha value is -1.17. The molecule has 0 aromatic carbocycles. The average molecular weight is 305 g/mol. The molecule has 21 heavy (non-hydrogen) atoms. The van der Waals surface area contributed by atoms with E-state index in [4.69, 9.17) is 0 Å². The summed E-state index contributed by atoms with van der Waals surface area (Å²) in [6.07, 6.45) is 9.03. The number of nitrogens with one attached hydrogen (secondary N) is 1. The third-order valence-electron chi connectivity index (χ3n) is 4.30. The minimum Gasteiger partial charge on any atom is -0.392 e. The van der Waals surface area contributed by atoms with E-state index < -0.39 is 0 Å². The lowest BCUT2D eigenvalue weighted by atomic mass is 10.0. The van der Waals surface area contributed by atoms with E-state index in [2.05, 4.69) is 32.4 Å². The molecular weight excluding hydrogens is 282 g/mol. The van der Waals surface area contributed by atoms with Crippen LogP contribution >= 0.6 is 11.3 Å². The van der Waals surface area contributed by atoms with E-state index in [1.54, 1.807) is 11.3 Å². The highest BCUT2D eigenvalue weighted by Crippen LogP contribution is 2.28. The number of hydrogen-bond donors (Lipinski definition) is 2. The van der Waals surface area contributed by atoms with Gasteiger partial charge in [-0.25, -0.2) is 4.98 Å². The van der Waals surface area contributed by atoms with Crippen LogP contribution in [0, 0.1) is 0 Å². The zero-order valence-corrected chi connectivity index (χ0v) is 13.2. The second-order valence-corrected chi connectivity index (χ2v) is 6.80. The van der Waals surface area contributed by atoms with Gasteiger partial charge in [0.1, 0.15) is 11.9 Å². The summed E-state index contributed by atoms with van der Waals surface area (Å²) in [5.41, 5.74) is 0. The summed E-state index contributed by atoms with van der Waals surface area (Å²) < 4.78 is 2.06. The fraction of sp³-hybridized carbons (Fsp3) is 0.562. The van der Waals surface area contributed by atoms with Crippen molar-refractivity contribution in [2.75, 3.05) is 0 Å². The van der Waals surface area contributed by atoms with Crippen molar-refractivity contribution >= 4 is 11.3 Å². The first-order chi connectivity index (χ1) is 10.3. The summed E-state index contributed by atoms with van der Waals surface area (Å²) in [6.45, 7) is 0. The number of hydrogen-bond acceptors (Lipinski definition) is 4. The van der Waals surface area contributed by atoms with E-state index in [0.29, 0.717) is 0 Å². The van der Waals surface area contributed by atoms with Gasteiger partial charge in [-0.05, 0) is 24.3 Å². The second kappa shape index (κ2) is 6.73. The van der Waals surface area contributed by atoms with Crippen molar-refractivity contribution in [2.45, 2.75) is 50.3 Å². The Balaban J connectivity index is 1.84. The van der Waals surface area contributed by atoms with Crippen molar-refractivity contribution in [1.82, 2.24) is 14.9 Å². The number of aliphatic hydroxyl groups excluding tert-OH is 1. The summed E-state index contributed by atoms with van der Waals surface area (Å²) in [5, 5.41) is 16.1. The van der Waals surface area contributed by atoms with Gasteiger partial charge in [-0.2, -0.15) is 0 Å². The number of thiophene rings is 1. The number of imidazole rings is 1. The molecule has 0 spiro atoms. The predicted octanol–water partition coefficient (Wildman–Crippen LogP) is 2.85. The fourth-order valence-corrected chi connectivity index (χ4v) is 3.87. The molecule has 2 aromatic rings. The Morgan fingerprint density at radius 2 is 2.24 bits per heavy atom. The molecule has 3 rings (SSSR count). The highest BCUT2D eigenvalue weighted by molar-refractivity contribution is 7.10. The van der Waals surface area contributed by atoms with Crippen molar-refractivity contribution in [1.29, 1.82) is 0 Å². The van der Waals surface area contributed by atoms with E-state index in [-0.39, 0.29) is 18.2 Å². The third kappa shape index (κ3) is 3.36. The first-order valence-corrected chi connectivity index (χ1v) is 8.58. The zero-order valence-electron chi connectivity index (χ0n) is 12.4. The summed E-state index contributed by atoms with van der Waals surface area (Å²) >= 11 is 1.74. The van der Waals surface area contributed by atoms with Gasteiger partial charge in [-0.15, -0.1) is 11.3 Å². The normalized spacial score (nSPS) is 24.7. The molecule has 1 aliphatic carbocycles. The van der Waals surface area contributed by atoms with Crippen LogP contribution in [0.5, 0.6) is 0 Å². The maximum absolute atomic E-state index is 10.4. The van der Waals surface area contributed by atoms with Crippen molar-refractivity contribution in [3.05, 3.63) is 40.6 Å². The first-order valence-electron chi connectivity index (χ1n) is 7.70. The standard InChI is InChI=1S/C16H23N3OS/c1-19-10-9-17-16(19)15(14-8-5-11-21-14)18-12-6-3-2-4-7-13(12)20/h5,8-13,15,18,20H,2-4,6-7H2,1H3. The van der Waals surface area contributed by atoms with Crippen LogP contribution in [-0.2, 0) is 7.05 Å². The average Bonchev–Trinajstić information content (AvgIpc) is 3.10. The van der Waals surface area contributed by atoms with E-state index in [1.165, 1.54) is 17.7 Å². The van der Waals surface area contributed by atoms with Crippen LogP contribution in [-0.4, -0.2) is 26.8 Å². The summed E-state index contributed by atoms with van der Waals surface area (Å²) in [4.78, 5) is 5.76. The van der Waals surface area contributed by atoms with E-state index in [9.17, 15) is 5.11 Å². The van der Waals surface area contributed by atoms with Crippen molar-refractivity contribution in [3.8, 4) is 0 Å². The maximum Gasteiger partial charge on any atom is 0.131 e. The van der Waals surface area contributed by atoms with Gasteiger partial charge >= 0.3 is 0 Å². The van der Waals surface area contributed by atoms with Crippen LogP contribution in [0.1, 0.15) is 48.8 Å². The van der Waals surface area contributed by atoms with Crippen molar-refractivity contribution < 1.29 is 5.11 Å². The van der Waals surface area contributed by atoms with Crippen LogP contribution < -0.4 is 5.32 Å². The largest absolute Gasteiger partial charge is 0.392 e. The Morgan fingerprint density at radius 3 is 2.95 bits per heavy atom. The Morgan fingerprint density at radius 1 is 1.38 bits per heavy atom. The molecule has 0 bridgehead atoms. The molecule has 1 saturated carbocycles. The molecule has 2 aromatic heterocycles. The van der Waals surface area contributed by atoms with E-state index >= 15 is 0 Å². The van der Waals surface area contributed by atoms with E-state index in [1.807, 2.05) is 19.4 Å². The molecule has 5 heteroatoms. The fourth-order valence-electron chi connectivity index (χ4n) is 3.09. The van der Waals surface area contributed by atoms with Crippen LogP contribution in [0.15, 0.2) is 29.9 Å². The zero-order chi connectivity index (χ0) is 14.7. The molecule has 3 atom stereocenters. The summed E-state index contributed by atoms with van der Waals surface area (Å²) in [7, 11) is 2.02. The third-order valence-corrected chi connectivity index (χ3v) is 5.24. The van der Waals surface area contributed by atoms with Gasteiger partial charge in [0, 0.05) is 30.4 Å². The SMILES string of the molecule is Cn1ccnc1C(NC1CCCCCC1O)c1cccs1. The molecule has 1 aliphatic rings. The van der Waals surface area contributed by atoms with Crippen molar-refractivity contribution in [2.24, 2.45) is 7.05 Å². The lowest BCUT2D eigenvalue weighted by Crippen LogP contribution is -2.42. The van der Waals surface area contributed by atoms with Gasteiger partial charge in [0.05, 0.1) is 6.10 Å².